The summed E-state index contributed by atoms with van der Waals surface area (Å²) in [6, 6.07) is 9.77. The van der Waals surface area contributed by atoms with Crippen molar-refractivity contribution in [3.63, 3.8) is 0 Å². The van der Waals surface area contributed by atoms with Gasteiger partial charge in [-0.05, 0) is 12.1 Å². The molecule has 0 spiro atoms. The molecule has 0 aliphatic heterocycles. The Labute approximate surface area is 121 Å². The molecule has 0 bridgehead atoms. The fourth-order valence-corrected chi connectivity index (χ4v) is 2.13. The minimum atomic E-state index is -0.304. The summed E-state index contributed by atoms with van der Waals surface area (Å²) in [6.07, 6.45) is 1.61. The van der Waals surface area contributed by atoms with Crippen molar-refractivity contribution in [2.45, 2.75) is 0 Å². The van der Waals surface area contributed by atoms with Gasteiger partial charge in [0, 0.05) is 17.7 Å². The summed E-state index contributed by atoms with van der Waals surface area (Å²) in [5.41, 5.74) is 2.63. The maximum absolute atomic E-state index is 13.3. The van der Waals surface area contributed by atoms with E-state index in [9.17, 15) is 4.39 Å². The standard InChI is InChI=1S/C16H13FN2O2/c1-20-15-7-12-13(8-16(15)21-2)19-14(9-18-12)10-4-3-5-11(17)6-10/h3-9H,1-2H3. The van der Waals surface area contributed by atoms with Crippen LogP contribution in [0.25, 0.3) is 22.3 Å². The summed E-state index contributed by atoms with van der Waals surface area (Å²) in [5, 5.41) is 0. The van der Waals surface area contributed by atoms with E-state index in [0.717, 1.165) is 0 Å². The zero-order chi connectivity index (χ0) is 14.8. The number of fused-ring (bicyclic) bond motifs is 1. The minimum Gasteiger partial charge on any atom is -0.493 e. The predicted molar refractivity (Wildman–Crippen MR) is 78.0 cm³/mol. The van der Waals surface area contributed by atoms with Crippen molar-refractivity contribution >= 4 is 11.0 Å². The molecule has 2 aromatic carbocycles. The number of aromatic nitrogens is 2. The first-order valence-electron chi connectivity index (χ1n) is 6.36. The Morgan fingerprint density at radius 2 is 1.67 bits per heavy atom. The number of hydrogen-bond donors (Lipinski definition) is 0. The molecule has 0 radical (unpaired) electrons. The summed E-state index contributed by atoms with van der Waals surface area (Å²) in [4.78, 5) is 8.86. The van der Waals surface area contributed by atoms with Gasteiger partial charge in [-0.15, -0.1) is 0 Å². The van der Waals surface area contributed by atoms with Crippen molar-refractivity contribution in [2.24, 2.45) is 0 Å². The van der Waals surface area contributed by atoms with E-state index in [4.69, 9.17) is 9.47 Å². The number of benzene rings is 2. The van der Waals surface area contributed by atoms with Gasteiger partial charge in [-0.3, -0.25) is 4.98 Å². The summed E-state index contributed by atoms with van der Waals surface area (Å²) in [6.45, 7) is 0. The number of halogens is 1. The van der Waals surface area contributed by atoms with Crippen molar-refractivity contribution in [3.05, 3.63) is 48.4 Å². The summed E-state index contributed by atoms with van der Waals surface area (Å²) >= 11 is 0. The van der Waals surface area contributed by atoms with Crippen LogP contribution in [-0.2, 0) is 0 Å². The van der Waals surface area contributed by atoms with Crippen molar-refractivity contribution in [2.75, 3.05) is 14.2 Å². The van der Waals surface area contributed by atoms with Crippen molar-refractivity contribution in [1.82, 2.24) is 9.97 Å². The molecular formula is C16H13FN2O2. The fourth-order valence-electron chi connectivity index (χ4n) is 2.13. The van der Waals surface area contributed by atoms with Gasteiger partial charge < -0.3 is 9.47 Å². The maximum Gasteiger partial charge on any atom is 0.163 e. The number of hydrogen-bond acceptors (Lipinski definition) is 4. The maximum atomic E-state index is 13.3. The molecule has 3 aromatic rings. The van der Waals surface area contributed by atoms with Gasteiger partial charge in [0.15, 0.2) is 11.5 Å². The second-order valence-corrected chi connectivity index (χ2v) is 4.46. The molecule has 0 N–H and O–H groups in total. The van der Waals surface area contributed by atoms with Gasteiger partial charge >= 0.3 is 0 Å². The average molecular weight is 284 g/mol. The Bertz CT molecular complexity index is 805. The van der Waals surface area contributed by atoms with Crippen LogP contribution in [0.2, 0.25) is 0 Å². The summed E-state index contributed by atoms with van der Waals surface area (Å²) in [5.74, 6) is 0.871. The molecule has 0 fully saturated rings. The largest absolute Gasteiger partial charge is 0.493 e. The van der Waals surface area contributed by atoms with E-state index < -0.39 is 0 Å². The predicted octanol–water partition coefficient (Wildman–Crippen LogP) is 3.45. The molecule has 3 rings (SSSR count). The molecule has 106 valence electrons. The Kier molecular flexibility index (Phi) is 3.39. The molecule has 5 heteroatoms. The van der Waals surface area contributed by atoms with Gasteiger partial charge in [0.1, 0.15) is 5.82 Å². The molecule has 4 nitrogen and oxygen atoms in total. The zero-order valence-electron chi connectivity index (χ0n) is 11.6. The lowest BCUT2D eigenvalue weighted by molar-refractivity contribution is 0.355. The third-order valence-corrected chi connectivity index (χ3v) is 3.17. The normalized spacial score (nSPS) is 10.6. The van der Waals surface area contributed by atoms with Crippen LogP contribution in [0.3, 0.4) is 0 Å². The lowest BCUT2D eigenvalue weighted by Gasteiger charge is -2.09. The van der Waals surface area contributed by atoms with Crippen LogP contribution in [0.1, 0.15) is 0 Å². The molecular weight excluding hydrogens is 271 g/mol. The van der Waals surface area contributed by atoms with Crippen LogP contribution < -0.4 is 9.47 Å². The Balaban J connectivity index is 2.15. The molecule has 1 aromatic heterocycles. The lowest BCUT2D eigenvalue weighted by atomic mass is 10.1. The van der Waals surface area contributed by atoms with Crippen LogP contribution >= 0.6 is 0 Å². The number of ether oxygens (including phenoxy) is 2. The first-order valence-corrected chi connectivity index (χ1v) is 6.36. The highest BCUT2D eigenvalue weighted by Crippen LogP contribution is 2.31. The molecule has 0 amide bonds. The van der Waals surface area contributed by atoms with Crippen LogP contribution in [0.5, 0.6) is 11.5 Å². The SMILES string of the molecule is COc1cc2ncc(-c3cccc(F)c3)nc2cc1OC. The quantitative estimate of drug-likeness (QED) is 0.739. The zero-order valence-corrected chi connectivity index (χ0v) is 11.6. The van der Waals surface area contributed by atoms with Gasteiger partial charge in [-0.1, -0.05) is 12.1 Å². The molecule has 1 heterocycles. The molecule has 0 atom stereocenters. The summed E-state index contributed by atoms with van der Waals surface area (Å²) < 4.78 is 23.8. The second-order valence-electron chi connectivity index (χ2n) is 4.46. The lowest BCUT2D eigenvalue weighted by Crippen LogP contribution is -1.94. The third-order valence-electron chi connectivity index (χ3n) is 3.17. The van der Waals surface area contributed by atoms with Crippen LogP contribution in [0.4, 0.5) is 4.39 Å². The topological polar surface area (TPSA) is 44.2 Å². The van der Waals surface area contributed by atoms with Crippen molar-refractivity contribution in [1.29, 1.82) is 0 Å². The highest BCUT2D eigenvalue weighted by Gasteiger charge is 2.09. The minimum absolute atomic E-state index is 0.304. The number of nitrogens with zero attached hydrogens (tertiary/aromatic N) is 2. The van der Waals surface area contributed by atoms with Crippen LogP contribution in [0, 0.1) is 5.82 Å². The molecule has 0 saturated heterocycles. The second kappa shape index (κ2) is 5.36. The van der Waals surface area contributed by atoms with Gasteiger partial charge in [0.05, 0.1) is 37.1 Å². The van der Waals surface area contributed by atoms with Crippen LogP contribution in [-0.4, -0.2) is 24.2 Å². The van der Waals surface area contributed by atoms with E-state index in [1.54, 1.807) is 44.7 Å². The van der Waals surface area contributed by atoms with E-state index in [-0.39, 0.29) is 5.82 Å². The first kappa shape index (κ1) is 13.3. The summed E-state index contributed by atoms with van der Waals surface area (Å²) in [7, 11) is 3.13. The fraction of sp³-hybridized carbons (Fsp3) is 0.125. The van der Waals surface area contributed by atoms with Gasteiger partial charge in [0.25, 0.3) is 0 Å². The molecule has 0 unspecified atom stereocenters. The van der Waals surface area contributed by atoms with Gasteiger partial charge in [-0.2, -0.15) is 0 Å². The third kappa shape index (κ3) is 2.50. The number of methoxy groups -OCH3 is 2. The van der Waals surface area contributed by atoms with E-state index in [1.807, 2.05) is 0 Å². The van der Waals surface area contributed by atoms with E-state index >= 15 is 0 Å². The monoisotopic (exact) mass is 284 g/mol. The number of rotatable bonds is 3. The smallest absolute Gasteiger partial charge is 0.163 e. The van der Waals surface area contributed by atoms with E-state index in [0.29, 0.717) is 33.8 Å². The Hall–Kier alpha value is -2.69. The van der Waals surface area contributed by atoms with Crippen molar-refractivity contribution < 1.29 is 13.9 Å². The average Bonchev–Trinajstić information content (AvgIpc) is 2.53. The highest BCUT2D eigenvalue weighted by atomic mass is 19.1. The van der Waals surface area contributed by atoms with Crippen LogP contribution in [0.15, 0.2) is 42.6 Å². The highest BCUT2D eigenvalue weighted by molar-refractivity contribution is 5.81. The molecule has 0 aliphatic carbocycles. The van der Waals surface area contributed by atoms with Gasteiger partial charge in [0.2, 0.25) is 0 Å². The Morgan fingerprint density at radius 1 is 0.952 bits per heavy atom. The molecule has 0 saturated carbocycles. The van der Waals surface area contributed by atoms with Crippen molar-refractivity contribution in [3.8, 4) is 22.8 Å². The van der Waals surface area contributed by atoms with E-state index in [2.05, 4.69) is 9.97 Å². The molecule has 0 aliphatic rings. The van der Waals surface area contributed by atoms with Gasteiger partial charge in [-0.25, -0.2) is 9.37 Å². The Morgan fingerprint density at radius 3 is 2.33 bits per heavy atom. The van der Waals surface area contributed by atoms with E-state index in [1.165, 1.54) is 12.1 Å². The first-order chi connectivity index (χ1) is 10.2. The molecule has 21 heavy (non-hydrogen) atoms.